The Bertz CT molecular complexity index is 317. The number of aromatic nitrogens is 3. The van der Waals surface area contributed by atoms with Crippen LogP contribution in [-0.2, 0) is 6.54 Å². The lowest BCUT2D eigenvalue weighted by Gasteiger charge is -2.18. The second-order valence-corrected chi connectivity index (χ2v) is 4.42. The molecule has 5 heteroatoms. The average molecular weight is 186 g/mol. The van der Waals surface area contributed by atoms with Crippen LogP contribution in [-0.4, -0.2) is 14.8 Å². The summed E-state index contributed by atoms with van der Waals surface area (Å²) >= 11 is 5.01. The van der Waals surface area contributed by atoms with Gasteiger partial charge in [-0.15, -0.1) is 5.10 Å². The summed E-state index contributed by atoms with van der Waals surface area (Å²) in [6.45, 7) is 7.16. The van der Waals surface area contributed by atoms with E-state index in [4.69, 9.17) is 18.0 Å². The minimum atomic E-state index is 0.163. The Morgan fingerprint density at radius 2 is 2.17 bits per heavy atom. The van der Waals surface area contributed by atoms with Crippen LogP contribution in [0.2, 0.25) is 0 Å². The molecule has 1 aromatic rings. The second kappa shape index (κ2) is 2.90. The van der Waals surface area contributed by atoms with Crippen molar-refractivity contribution in [1.29, 1.82) is 0 Å². The first-order valence-electron chi connectivity index (χ1n) is 3.81. The molecule has 0 atom stereocenters. The molecule has 0 aliphatic heterocycles. The van der Waals surface area contributed by atoms with E-state index in [1.807, 2.05) is 0 Å². The molecule has 4 nitrogen and oxygen atoms in total. The molecular weight excluding hydrogens is 172 g/mol. The fourth-order valence-electron chi connectivity index (χ4n) is 0.957. The number of nitrogens with two attached hydrogens (primary N) is 1. The normalized spacial score (nSPS) is 11.9. The van der Waals surface area contributed by atoms with Crippen LogP contribution < -0.4 is 5.73 Å². The van der Waals surface area contributed by atoms with Crippen molar-refractivity contribution in [1.82, 2.24) is 14.8 Å². The standard InChI is InChI=1S/C7H14N4S/c1-7(2,3)4-11-5(8)9-10-6(11)12/h4H2,1-3H3,(H2,8,9)(H,10,12). The molecular formula is C7H14N4S. The van der Waals surface area contributed by atoms with Gasteiger partial charge in [-0.3, -0.25) is 4.57 Å². The van der Waals surface area contributed by atoms with E-state index in [1.165, 1.54) is 0 Å². The van der Waals surface area contributed by atoms with Crippen LogP contribution in [0.4, 0.5) is 5.95 Å². The van der Waals surface area contributed by atoms with Crippen molar-refractivity contribution in [3.8, 4) is 0 Å². The molecule has 0 amide bonds. The van der Waals surface area contributed by atoms with Gasteiger partial charge in [0.1, 0.15) is 0 Å². The van der Waals surface area contributed by atoms with Gasteiger partial charge in [0, 0.05) is 6.54 Å². The molecule has 12 heavy (non-hydrogen) atoms. The molecule has 0 aromatic carbocycles. The number of aromatic amines is 1. The lowest BCUT2D eigenvalue weighted by Crippen LogP contribution is -2.17. The third-order valence-corrected chi connectivity index (χ3v) is 1.73. The summed E-state index contributed by atoms with van der Waals surface area (Å²) in [6, 6.07) is 0. The number of H-pyrrole nitrogens is 1. The van der Waals surface area contributed by atoms with Gasteiger partial charge in [-0.25, -0.2) is 5.10 Å². The zero-order valence-corrected chi connectivity index (χ0v) is 8.40. The van der Waals surface area contributed by atoms with Crippen LogP contribution in [0.5, 0.6) is 0 Å². The largest absolute Gasteiger partial charge is 0.368 e. The number of anilines is 1. The Balaban J connectivity index is 2.96. The minimum absolute atomic E-state index is 0.163. The first-order valence-corrected chi connectivity index (χ1v) is 4.22. The van der Waals surface area contributed by atoms with E-state index in [0.29, 0.717) is 10.7 Å². The van der Waals surface area contributed by atoms with Gasteiger partial charge in [-0.05, 0) is 17.6 Å². The van der Waals surface area contributed by atoms with Gasteiger partial charge in [0.05, 0.1) is 0 Å². The van der Waals surface area contributed by atoms with Crippen LogP contribution in [0.3, 0.4) is 0 Å². The van der Waals surface area contributed by atoms with Gasteiger partial charge in [0.2, 0.25) is 5.95 Å². The monoisotopic (exact) mass is 186 g/mol. The van der Waals surface area contributed by atoms with E-state index >= 15 is 0 Å². The lowest BCUT2D eigenvalue weighted by atomic mass is 9.97. The van der Waals surface area contributed by atoms with Gasteiger partial charge in [-0.2, -0.15) is 0 Å². The van der Waals surface area contributed by atoms with E-state index in [2.05, 4.69) is 31.0 Å². The SMILES string of the molecule is CC(C)(C)Cn1c(N)n[nH]c1=S. The zero-order valence-electron chi connectivity index (χ0n) is 7.59. The Morgan fingerprint density at radius 3 is 2.50 bits per heavy atom. The van der Waals surface area contributed by atoms with Crippen molar-refractivity contribution in [3.05, 3.63) is 4.77 Å². The highest BCUT2D eigenvalue weighted by Crippen LogP contribution is 2.17. The predicted octanol–water partition coefficient (Wildman–Crippen LogP) is 1.57. The Labute approximate surface area is 76.8 Å². The molecule has 0 radical (unpaired) electrons. The zero-order chi connectivity index (χ0) is 9.35. The highest BCUT2D eigenvalue weighted by molar-refractivity contribution is 7.71. The number of nitrogens with one attached hydrogen (secondary N) is 1. The van der Waals surface area contributed by atoms with Gasteiger partial charge in [-0.1, -0.05) is 20.8 Å². The van der Waals surface area contributed by atoms with E-state index in [0.717, 1.165) is 6.54 Å². The Hall–Kier alpha value is -0.840. The van der Waals surface area contributed by atoms with Crippen molar-refractivity contribution in [2.45, 2.75) is 27.3 Å². The number of hydrogen-bond donors (Lipinski definition) is 2. The summed E-state index contributed by atoms with van der Waals surface area (Å²) in [5, 5.41) is 6.47. The van der Waals surface area contributed by atoms with Crippen LogP contribution >= 0.6 is 12.2 Å². The van der Waals surface area contributed by atoms with E-state index in [9.17, 15) is 0 Å². The van der Waals surface area contributed by atoms with Gasteiger partial charge >= 0.3 is 0 Å². The van der Waals surface area contributed by atoms with Crippen molar-refractivity contribution in [2.75, 3.05) is 5.73 Å². The van der Waals surface area contributed by atoms with E-state index in [1.54, 1.807) is 4.57 Å². The quantitative estimate of drug-likeness (QED) is 0.654. The fraction of sp³-hybridized carbons (Fsp3) is 0.714. The number of rotatable bonds is 1. The summed E-state index contributed by atoms with van der Waals surface area (Å²) in [5.41, 5.74) is 5.77. The lowest BCUT2D eigenvalue weighted by molar-refractivity contribution is 0.343. The molecule has 0 fully saturated rings. The van der Waals surface area contributed by atoms with Crippen molar-refractivity contribution in [2.24, 2.45) is 5.41 Å². The molecule has 3 N–H and O–H groups in total. The summed E-state index contributed by atoms with van der Waals surface area (Å²) in [4.78, 5) is 0. The van der Waals surface area contributed by atoms with Gasteiger partial charge in [0.15, 0.2) is 4.77 Å². The van der Waals surface area contributed by atoms with Crippen molar-refractivity contribution < 1.29 is 0 Å². The number of hydrogen-bond acceptors (Lipinski definition) is 3. The average Bonchev–Trinajstić information content (AvgIpc) is 2.16. The molecule has 0 unspecified atom stereocenters. The van der Waals surface area contributed by atoms with Crippen molar-refractivity contribution >= 4 is 18.2 Å². The van der Waals surface area contributed by atoms with Gasteiger partial charge < -0.3 is 5.73 Å². The van der Waals surface area contributed by atoms with Crippen LogP contribution in [0.25, 0.3) is 0 Å². The van der Waals surface area contributed by atoms with Crippen LogP contribution in [0, 0.1) is 10.2 Å². The molecule has 1 aromatic heterocycles. The topological polar surface area (TPSA) is 59.6 Å². The highest BCUT2D eigenvalue weighted by atomic mass is 32.1. The van der Waals surface area contributed by atoms with E-state index in [-0.39, 0.29) is 5.41 Å². The molecule has 0 aliphatic rings. The molecule has 0 saturated carbocycles. The van der Waals surface area contributed by atoms with E-state index < -0.39 is 0 Å². The summed E-state index contributed by atoms with van der Waals surface area (Å²) in [5.74, 6) is 0.454. The first-order chi connectivity index (χ1) is 5.40. The first kappa shape index (κ1) is 9.25. The predicted molar refractivity (Wildman–Crippen MR) is 51.3 cm³/mol. The summed E-state index contributed by atoms with van der Waals surface area (Å²) in [7, 11) is 0. The molecule has 0 saturated heterocycles. The maximum atomic E-state index is 5.60. The third kappa shape index (κ3) is 2.07. The second-order valence-electron chi connectivity index (χ2n) is 4.03. The van der Waals surface area contributed by atoms with Crippen molar-refractivity contribution in [3.63, 3.8) is 0 Å². The molecule has 1 heterocycles. The Kier molecular flexibility index (Phi) is 2.23. The van der Waals surface area contributed by atoms with Gasteiger partial charge in [0.25, 0.3) is 0 Å². The van der Waals surface area contributed by atoms with Crippen LogP contribution in [0.1, 0.15) is 20.8 Å². The summed E-state index contributed by atoms with van der Waals surface area (Å²) < 4.78 is 2.39. The fourth-order valence-corrected chi connectivity index (χ4v) is 1.16. The smallest absolute Gasteiger partial charge is 0.220 e. The highest BCUT2D eigenvalue weighted by Gasteiger charge is 2.13. The number of nitrogen functional groups attached to an aromatic ring is 1. The molecule has 1 rings (SSSR count). The number of nitrogens with zero attached hydrogens (tertiary/aromatic N) is 2. The maximum Gasteiger partial charge on any atom is 0.220 e. The summed E-state index contributed by atoms with van der Waals surface area (Å²) in [6.07, 6.45) is 0. The molecule has 0 aliphatic carbocycles. The Morgan fingerprint density at radius 1 is 1.58 bits per heavy atom. The maximum absolute atomic E-state index is 5.60. The molecule has 0 bridgehead atoms. The third-order valence-electron chi connectivity index (χ3n) is 1.42. The molecule has 0 spiro atoms. The molecule has 68 valence electrons. The minimum Gasteiger partial charge on any atom is -0.368 e. The van der Waals surface area contributed by atoms with Crippen LogP contribution in [0.15, 0.2) is 0 Å².